The maximum atomic E-state index is 14.4. The predicted octanol–water partition coefficient (Wildman–Crippen LogP) is 3.47. The number of amides is 3. The first-order chi connectivity index (χ1) is 23.7. The zero-order valence-electron chi connectivity index (χ0n) is 29.6. The number of hydrogen-bond acceptors (Lipinski definition) is 8. The monoisotopic (exact) mass is 691 g/mol. The molecule has 2 N–H and O–H groups in total. The van der Waals surface area contributed by atoms with E-state index in [1.807, 2.05) is 41.8 Å². The van der Waals surface area contributed by atoms with E-state index in [0.717, 1.165) is 36.7 Å². The molecular weight excluding hydrogens is 642 g/mol. The molecule has 50 heavy (non-hydrogen) atoms. The number of carboxylic acids is 1. The number of hydrogen-bond donors (Lipinski definition) is 2. The molecule has 13 heteroatoms. The molecule has 270 valence electrons. The number of benzene rings is 1. The second kappa shape index (κ2) is 13.7. The van der Waals surface area contributed by atoms with Gasteiger partial charge in [0.2, 0.25) is 17.7 Å². The first-order valence-electron chi connectivity index (χ1n) is 17.7. The molecule has 3 aliphatic heterocycles. The highest BCUT2D eigenvalue weighted by atomic mass is 16.6. The van der Waals surface area contributed by atoms with Crippen LogP contribution in [0, 0.1) is 30.6 Å². The van der Waals surface area contributed by atoms with Gasteiger partial charge in [-0.05, 0) is 65.5 Å². The molecule has 0 unspecified atom stereocenters. The van der Waals surface area contributed by atoms with E-state index >= 15 is 0 Å². The Hall–Kier alpha value is -4.42. The van der Waals surface area contributed by atoms with Crippen molar-refractivity contribution in [1.82, 2.24) is 24.7 Å². The summed E-state index contributed by atoms with van der Waals surface area (Å²) in [7, 11) is 1.58. The van der Waals surface area contributed by atoms with Crippen molar-refractivity contribution in [2.75, 3.05) is 26.7 Å². The van der Waals surface area contributed by atoms with Gasteiger partial charge in [0, 0.05) is 49.4 Å². The third kappa shape index (κ3) is 7.09. The minimum atomic E-state index is -1.44. The largest absolute Gasteiger partial charge is 0.497 e. The number of allylic oxidation sites excluding steroid dienone is 1. The lowest BCUT2D eigenvalue weighted by molar-refractivity contribution is -0.159. The van der Waals surface area contributed by atoms with Gasteiger partial charge in [-0.25, -0.2) is 9.78 Å². The van der Waals surface area contributed by atoms with E-state index in [1.165, 1.54) is 0 Å². The molecule has 13 nitrogen and oxygen atoms in total. The smallest absolute Gasteiger partial charge is 0.330 e. The Bertz CT molecular complexity index is 1710. The third-order valence-corrected chi connectivity index (χ3v) is 10.7. The molecule has 2 saturated heterocycles. The van der Waals surface area contributed by atoms with Gasteiger partial charge in [-0.3, -0.25) is 19.2 Å². The molecule has 0 bridgehead atoms. The summed E-state index contributed by atoms with van der Waals surface area (Å²) >= 11 is 0. The molecule has 1 saturated carbocycles. The van der Waals surface area contributed by atoms with Gasteiger partial charge in [-0.15, -0.1) is 0 Å². The van der Waals surface area contributed by atoms with Crippen molar-refractivity contribution >= 4 is 40.7 Å². The number of carbonyl (C=O) groups excluding carboxylic acids is 4. The molecule has 3 fully saturated rings. The van der Waals surface area contributed by atoms with E-state index in [2.05, 4.69) is 10.3 Å². The van der Waals surface area contributed by atoms with Gasteiger partial charge in [0.15, 0.2) is 0 Å². The van der Waals surface area contributed by atoms with Crippen LogP contribution in [0.15, 0.2) is 30.4 Å². The number of esters is 1. The van der Waals surface area contributed by atoms with Crippen LogP contribution in [0.2, 0.25) is 0 Å². The van der Waals surface area contributed by atoms with Crippen LogP contribution in [0.3, 0.4) is 0 Å². The zero-order chi connectivity index (χ0) is 36.0. The zero-order valence-corrected chi connectivity index (χ0v) is 29.6. The minimum Gasteiger partial charge on any atom is -0.497 e. The van der Waals surface area contributed by atoms with Crippen LogP contribution in [0.25, 0.3) is 11.0 Å². The average molecular weight is 692 g/mol. The lowest BCUT2D eigenvalue weighted by atomic mass is 9.92. The van der Waals surface area contributed by atoms with E-state index < -0.39 is 46.9 Å². The number of nitrogens with one attached hydrogen (secondary N) is 1. The Kier molecular flexibility index (Phi) is 9.71. The van der Waals surface area contributed by atoms with E-state index in [1.54, 1.807) is 37.7 Å². The van der Waals surface area contributed by atoms with Crippen molar-refractivity contribution in [1.29, 1.82) is 0 Å². The summed E-state index contributed by atoms with van der Waals surface area (Å²) in [4.78, 5) is 75.9. The van der Waals surface area contributed by atoms with Crippen molar-refractivity contribution in [3.63, 3.8) is 0 Å². The number of nitrogens with zero attached hydrogens (tertiary/aromatic N) is 4. The lowest BCUT2D eigenvalue weighted by Gasteiger charge is -2.32. The number of ether oxygens (including phenoxy) is 2. The van der Waals surface area contributed by atoms with Gasteiger partial charge in [0.05, 0.1) is 24.6 Å². The molecule has 0 spiro atoms. The maximum Gasteiger partial charge on any atom is 0.330 e. The Morgan fingerprint density at radius 1 is 1.10 bits per heavy atom. The summed E-state index contributed by atoms with van der Waals surface area (Å²) in [5, 5.41) is 13.1. The topological polar surface area (TPSA) is 160 Å². The number of likely N-dealkylation sites (tertiary alicyclic amines) is 1. The Balaban J connectivity index is 1.26. The lowest BCUT2D eigenvalue weighted by Crippen LogP contribution is -2.56. The highest BCUT2D eigenvalue weighted by Crippen LogP contribution is 2.46. The first-order valence-corrected chi connectivity index (χ1v) is 17.7. The molecule has 0 radical (unpaired) electrons. The van der Waals surface area contributed by atoms with Gasteiger partial charge in [-0.1, -0.05) is 25.0 Å². The van der Waals surface area contributed by atoms with Crippen LogP contribution in [-0.4, -0.2) is 98.0 Å². The molecule has 1 aliphatic carbocycles. The SMILES string of the molecule is COc1ccc2nc(C)n(CC(=O)N3C[C@H]4CN5C(=O)[C@H](CC(=O)OC(C)(C)C)CCCCC/C=C\[C@@H]6C[C@@]6(C(=O)O)NC(=O)[C@@H]5[C@H]4C3)c2c1. The minimum absolute atomic E-state index is 0.0442. The van der Waals surface area contributed by atoms with Crippen molar-refractivity contribution in [2.24, 2.45) is 23.7 Å². The van der Waals surface area contributed by atoms with Crippen LogP contribution >= 0.6 is 0 Å². The molecule has 4 aliphatic rings. The number of aromatic nitrogens is 2. The summed E-state index contributed by atoms with van der Waals surface area (Å²) in [5.41, 5.74) is -0.631. The van der Waals surface area contributed by atoms with Crippen molar-refractivity contribution in [3.05, 3.63) is 36.2 Å². The number of aryl methyl sites for hydroxylation is 1. The highest BCUT2D eigenvalue weighted by Gasteiger charge is 2.62. The molecular formula is C37H49N5O8. The van der Waals surface area contributed by atoms with E-state index in [0.29, 0.717) is 24.5 Å². The fraction of sp³-hybridized carbons (Fsp3) is 0.622. The van der Waals surface area contributed by atoms with Crippen LogP contribution < -0.4 is 10.1 Å². The number of aliphatic carboxylic acids is 1. The van der Waals surface area contributed by atoms with Gasteiger partial charge in [0.25, 0.3) is 0 Å². The number of imidazole rings is 1. The maximum absolute atomic E-state index is 14.4. The van der Waals surface area contributed by atoms with Gasteiger partial charge in [0.1, 0.15) is 35.3 Å². The summed E-state index contributed by atoms with van der Waals surface area (Å²) in [5.74, 6) is -2.86. The van der Waals surface area contributed by atoms with Crippen molar-refractivity contribution in [3.8, 4) is 5.75 Å². The normalized spacial score (nSPS) is 29.3. The van der Waals surface area contributed by atoms with Crippen molar-refractivity contribution in [2.45, 2.75) is 96.4 Å². The molecule has 6 rings (SSSR count). The van der Waals surface area contributed by atoms with Gasteiger partial charge >= 0.3 is 11.9 Å². The van der Waals surface area contributed by atoms with E-state index in [-0.39, 0.29) is 56.1 Å². The van der Waals surface area contributed by atoms with E-state index in [9.17, 15) is 29.1 Å². The summed E-state index contributed by atoms with van der Waals surface area (Å²) in [6, 6.07) is 4.53. The second-order valence-electron chi connectivity index (χ2n) is 15.4. The molecule has 2 aromatic rings. The molecule has 6 atom stereocenters. The second-order valence-corrected chi connectivity index (χ2v) is 15.4. The highest BCUT2D eigenvalue weighted by molar-refractivity contribution is 5.96. The Morgan fingerprint density at radius 2 is 1.88 bits per heavy atom. The van der Waals surface area contributed by atoms with Crippen LogP contribution in [-0.2, 0) is 35.3 Å². The fourth-order valence-corrected chi connectivity index (χ4v) is 8.08. The molecule has 1 aromatic carbocycles. The van der Waals surface area contributed by atoms with E-state index in [4.69, 9.17) is 9.47 Å². The average Bonchev–Trinajstić information content (AvgIpc) is 3.27. The van der Waals surface area contributed by atoms with Crippen LogP contribution in [0.1, 0.15) is 71.5 Å². The van der Waals surface area contributed by atoms with Crippen LogP contribution in [0.5, 0.6) is 5.75 Å². The number of carboxylic acid groups (broad SMARTS) is 1. The number of fused-ring (bicyclic) bond motifs is 5. The summed E-state index contributed by atoms with van der Waals surface area (Å²) < 4.78 is 12.8. The first kappa shape index (κ1) is 35.4. The standard InChI is InChI=1S/C37H49N5O8/c1-22-38-28-14-13-26(49-5)16-29(28)41(22)21-30(43)40-18-24-19-42-32(27(24)20-40)33(45)39-37(35(47)48)17-25(37)12-10-8-6-7-9-11-23(34(42)46)15-31(44)50-36(2,3)4/h10,12-14,16,23-25,27,32H,6-9,11,15,17-21H2,1-5H3,(H,39,45)(H,47,48)/b12-10-/t23-,24-,25+,27-,32-,37+/m0/s1. The third-order valence-electron chi connectivity index (χ3n) is 10.7. The number of methoxy groups -OCH3 is 1. The Morgan fingerprint density at radius 3 is 2.60 bits per heavy atom. The van der Waals surface area contributed by atoms with Crippen molar-refractivity contribution < 1.29 is 38.6 Å². The summed E-state index contributed by atoms with van der Waals surface area (Å²) in [6.45, 7) is 8.04. The predicted molar refractivity (Wildman–Crippen MR) is 183 cm³/mol. The Labute approximate surface area is 292 Å². The quantitative estimate of drug-likeness (QED) is 0.342. The number of rotatable bonds is 6. The molecule has 1 aromatic heterocycles. The molecule has 4 heterocycles. The van der Waals surface area contributed by atoms with Crippen LogP contribution in [0.4, 0.5) is 0 Å². The summed E-state index contributed by atoms with van der Waals surface area (Å²) in [6.07, 6.45) is 7.69. The fourth-order valence-electron chi connectivity index (χ4n) is 8.08. The van der Waals surface area contributed by atoms with Gasteiger partial charge < -0.3 is 34.3 Å². The number of carbonyl (C=O) groups is 5. The molecule has 3 amide bonds. The van der Waals surface area contributed by atoms with Gasteiger partial charge in [-0.2, -0.15) is 0 Å².